The van der Waals surface area contributed by atoms with Crippen LogP contribution in [0.25, 0.3) is 0 Å². The molecular weight excluding hydrogens is 198 g/mol. The van der Waals surface area contributed by atoms with Crippen molar-refractivity contribution in [2.75, 3.05) is 0 Å². The van der Waals surface area contributed by atoms with Crippen LogP contribution in [-0.2, 0) is 13.1 Å². The molecule has 1 aromatic carbocycles. The van der Waals surface area contributed by atoms with E-state index in [1.54, 1.807) is 6.20 Å². The number of nitrogens with zero attached hydrogens (tertiary/aromatic N) is 2. The van der Waals surface area contributed by atoms with Gasteiger partial charge in [-0.3, -0.25) is 0 Å². The van der Waals surface area contributed by atoms with E-state index < -0.39 is 0 Å². The van der Waals surface area contributed by atoms with Gasteiger partial charge in [0, 0.05) is 18.9 Å². The molecule has 0 saturated carbocycles. The van der Waals surface area contributed by atoms with E-state index in [1.807, 2.05) is 6.20 Å². The first kappa shape index (κ1) is 10.9. The van der Waals surface area contributed by atoms with Crippen LogP contribution in [0.4, 0.5) is 0 Å². The van der Waals surface area contributed by atoms with Crippen molar-refractivity contribution in [2.24, 2.45) is 5.73 Å². The second-order valence-electron chi connectivity index (χ2n) is 4.17. The normalized spacial score (nSPS) is 10.7. The third-order valence-corrected chi connectivity index (χ3v) is 2.62. The van der Waals surface area contributed by atoms with Crippen LogP contribution in [0.1, 0.15) is 22.5 Å². The number of benzene rings is 1. The highest BCUT2D eigenvalue weighted by atomic mass is 15.1. The average Bonchev–Trinajstić information content (AvgIpc) is 2.63. The van der Waals surface area contributed by atoms with Gasteiger partial charge in [0.15, 0.2) is 0 Å². The topological polar surface area (TPSA) is 43.8 Å². The number of imidazole rings is 1. The van der Waals surface area contributed by atoms with Crippen LogP contribution >= 0.6 is 0 Å². The van der Waals surface area contributed by atoms with E-state index >= 15 is 0 Å². The fourth-order valence-corrected chi connectivity index (χ4v) is 2.03. The van der Waals surface area contributed by atoms with Gasteiger partial charge in [-0.05, 0) is 19.4 Å². The molecule has 0 radical (unpaired) electrons. The molecule has 1 aromatic heterocycles. The SMILES string of the molecule is Cc1cc(C)cc(Cn2ccnc2CN)c1. The Balaban J connectivity index is 2.26. The second-order valence-corrected chi connectivity index (χ2v) is 4.17. The molecule has 3 heteroatoms. The van der Waals surface area contributed by atoms with Crippen molar-refractivity contribution < 1.29 is 0 Å². The van der Waals surface area contributed by atoms with E-state index in [-0.39, 0.29) is 0 Å². The van der Waals surface area contributed by atoms with Crippen molar-refractivity contribution in [1.29, 1.82) is 0 Å². The largest absolute Gasteiger partial charge is 0.329 e. The molecule has 0 aliphatic rings. The Morgan fingerprint density at radius 3 is 2.50 bits per heavy atom. The van der Waals surface area contributed by atoms with Gasteiger partial charge in [-0.15, -0.1) is 0 Å². The van der Waals surface area contributed by atoms with Gasteiger partial charge in [-0.2, -0.15) is 0 Å². The number of aromatic nitrogens is 2. The third-order valence-electron chi connectivity index (χ3n) is 2.62. The predicted octanol–water partition coefficient (Wildman–Crippen LogP) is 2.01. The van der Waals surface area contributed by atoms with E-state index in [4.69, 9.17) is 5.73 Å². The Morgan fingerprint density at radius 1 is 1.19 bits per heavy atom. The number of aryl methyl sites for hydroxylation is 2. The lowest BCUT2D eigenvalue weighted by atomic mass is 10.1. The summed E-state index contributed by atoms with van der Waals surface area (Å²) >= 11 is 0. The van der Waals surface area contributed by atoms with Gasteiger partial charge in [-0.25, -0.2) is 4.98 Å². The minimum atomic E-state index is 0.484. The highest BCUT2D eigenvalue weighted by molar-refractivity contribution is 5.28. The number of hydrogen-bond donors (Lipinski definition) is 1. The van der Waals surface area contributed by atoms with Gasteiger partial charge in [0.2, 0.25) is 0 Å². The van der Waals surface area contributed by atoms with E-state index in [2.05, 4.69) is 41.6 Å². The van der Waals surface area contributed by atoms with Crippen LogP contribution in [0.15, 0.2) is 30.6 Å². The molecule has 1 heterocycles. The summed E-state index contributed by atoms with van der Waals surface area (Å²) in [5, 5.41) is 0. The van der Waals surface area contributed by atoms with E-state index in [0.717, 1.165) is 12.4 Å². The maximum atomic E-state index is 5.63. The zero-order valence-electron chi connectivity index (χ0n) is 9.77. The van der Waals surface area contributed by atoms with Crippen LogP contribution in [0.2, 0.25) is 0 Å². The maximum Gasteiger partial charge on any atom is 0.122 e. The van der Waals surface area contributed by atoms with Gasteiger partial charge in [0.25, 0.3) is 0 Å². The van der Waals surface area contributed by atoms with Crippen molar-refractivity contribution in [2.45, 2.75) is 26.9 Å². The molecule has 0 aliphatic carbocycles. The lowest BCUT2D eigenvalue weighted by Gasteiger charge is -2.08. The molecular formula is C13H17N3. The Hall–Kier alpha value is -1.61. The van der Waals surface area contributed by atoms with Crippen molar-refractivity contribution in [1.82, 2.24) is 9.55 Å². The first-order chi connectivity index (χ1) is 7.69. The molecule has 2 rings (SSSR count). The monoisotopic (exact) mass is 215 g/mol. The number of hydrogen-bond acceptors (Lipinski definition) is 2. The quantitative estimate of drug-likeness (QED) is 0.851. The number of nitrogens with two attached hydrogens (primary N) is 1. The molecule has 0 spiro atoms. The lowest BCUT2D eigenvalue weighted by Crippen LogP contribution is -2.09. The van der Waals surface area contributed by atoms with Crippen LogP contribution in [0.3, 0.4) is 0 Å². The van der Waals surface area contributed by atoms with Crippen LogP contribution in [0.5, 0.6) is 0 Å². The highest BCUT2D eigenvalue weighted by Crippen LogP contribution is 2.11. The summed E-state index contributed by atoms with van der Waals surface area (Å²) in [6.45, 7) is 5.56. The summed E-state index contributed by atoms with van der Waals surface area (Å²) in [4.78, 5) is 4.21. The lowest BCUT2D eigenvalue weighted by molar-refractivity contribution is 0.723. The molecule has 0 bridgehead atoms. The molecule has 2 N–H and O–H groups in total. The molecule has 0 unspecified atom stereocenters. The standard InChI is InChI=1S/C13H17N3/c1-10-5-11(2)7-12(6-10)9-16-4-3-15-13(16)8-14/h3-7H,8-9,14H2,1-2H3. The average molecular weight is 215 g/mol. The summed E-state index contributed by atoms with van der Waals surface area (Å²) in [6, 6.07) is 6.59. The fourth-order valence-electron chi connectivity index (χ4n) is 2.03. The van der Waals surface area contributed by atoms with Gasteiger partial charge >= 0.3 is 0 Å². The first-order valence-electron chi connectivity index (χ1n) is 5.46. The van der Waals surface area contributed by atoms with Crippen molar-refractivity contribution in [3.05, 3.63) is 53.1 Å². The predicted molar refractivity (Wildman–Crippen MR) is 65.1 cm³/mol. The maximum absolute atomic E-state index is 5.63. The third kappa shape index (κ3) is 2.31. The molecule has 0 fully saturated rings. The Morgan fingerprint density at radius 2 is 1.88 bits per heavy atom. The summed E-state index contributed by atoms with van der Waals surface area (Å²) in [5.74, 6) is 0.930. The molecule has 3 nitrogen and oxygen atoms in total. The van der Waals surface area contributed by atoms with Crippen LogP contribution < -0.4 is 5.73 Å². The van der Waals surface area contributed by atoms with E-state index in [9.17, 15) is 0 Å². The molecule has 0 aliphatic heterocycles. The summed E-state index contributed by atoms with van der Waals surface area (Å²) < 4.78 is 2.09. The van der Waals surface area contributed by atoms with Gasteiger partial charge < -0.3 is 10.3 Å². The van der Waals surface area contributed by atoms with Crippen molar-refractivity contribution >= 4 is 0 Å². The van der Waals surface area contributed by atoms with Crippen molar-refractivity contribution in [3.63, 3.8) is 0 Å². The van der Waals surface area contributed by atoms with Crippen LogP contribution in [-0.4, -0.2) is 9.55 Å². The summed E-state index contributed by atoms with van der Waals surface area (Å²) in [6.07, 6.45) is 3.77. The molecule has 2 aromatic rings. The minimum Gasteiger partial charge on any atom is -0.329 e. The molecule has 0 atom stereocenters. The number of rotatable bonds is 3. The zero-order chi connectivity index (χ0) is 11.5. The smallest absolute Gasteiger partial charge is 0.122 e. The molecule has 16 heavy (non-hydrogen) atoms. The Labute approximate surface area is 95.9 Å². The first-order valence-corrected chi connectivity index (χ1v) is 5.46. The van der Waals surface area contributed by atoms with Gasteiger partial charge in [0.1, 0.15) is 5.82 Å². The molecule has 0 amide bonds. The Bertz CT molecular complexity index is 465. The van der Waals surface area contributed by atoms with Gasteiger partial charge in [0.05, 0.1) is 6.54 Å². The van der Waals surface area contributed by atoms with E-state index in [1.165, 1.54) is 16.7 Å². The Kier molecular flexibility index (Phi) is 3.06. The van der Waals surface area contributed by atoms with Gasteiger partial charge in [-0.1, -0.05) is 29.3 Å². The zero-order valence-corrected chi connectivity index (χ0v) is 9.77. The summed E-state index contributed by atoms with van der Waals surface area (Å²) in [5.41, 5.74) is 9.51. The fraction of sp³-hybridized carbons (Fsp3) is 0.308. The second kappa shape index (κ2) is 4.49. The molecule has 0 saturated heterocycles. The minimum absolute atomic E-state index is 0.484. The van der Waals surface area contributed by atoms with Crippen LogP contribution in [0, 0.1) is 13.8 Å². The molecule has 84 valence electrons. The van der Waals surface area contributed by atoms with Crippen molar-refractivity contribution in [3.8, 4) is 0 Å². The summed E-state index contributed by atoms with van der Waals surface area (Å²) in [7, 11) is 0. The highest BCUT2D eigenvalue weighted by Gasteiger charge is 2.02. The van der Waals surface area contributed by atoms with E-state index in [0.29, 0.717) is 6.54 Å².